The average Bonchev–Trinajstić information content (AvgIpc) is 2.88. The third kappa shape index (κ3) is 4.44. The van der Waals surface area contributed by atoms with Crippen LogP contribution in [0.25, 0.3) is 0 Å². The molecule has 28 heavy (non-hydrogen) atoms. The van der Waals surface area contributed by atoms with Gasteiger partial charge in [0.15, 0.2) is 0 Å². The monoisotopic (exact) mass is 380 g/mol. The van der Waals surface area contributed by atoms with E-state index in [4.69, 9.17) is 15.2 Å². The number of nitrogens with two attached hydrogens (primary N) is 1. The maximum atomic E-state index is 5.89. The Balaban J connectivity index is 1.85. The van der Waals surface area contributed by atoms with Crippen molar-refractivity contribution in [3.8, 4) is 11.5 Å². The van der Waals surface area contributed by atoms with Gasteiger partial charge in [-0.1, -0.05) is 13.8 Å². The molecule has 0 fully saturated rings. The van der Waals surface area contributed by atoms with Crippen LogP contribution in [0.5, 0.6) is 11.5 Å². The number of hydrogen-bond donors (Lipinski definition) is 2. The molecule has 0 saturated heterocycles. The van der Waals surface area contributed by atoms with E-state index in [-0.39, 0.29) is 0 Å². The number of hydrogen-bond acceptors (Lipinski definition) is 5. The summed E-state index contributed by atoms with van der Waals surface area (Å²) in [6, 6.07) is 9.85. The van der Waals surface area contributed by atoms with Gasteiger partial charge >= 0.3 is 0 Å². The Labute approximate surface area is 166 Å². The molecule has 2 aromatic rings. The third-order valence-corrected chi connectivity index (χ3v) is 4.85. The molecule has 0 spiro atoms. The molecule has 0 saturated carbocycles. The fourth-order valence-electron chi connectivity index (χ4n) is 3.34. The van der Waals surface area contributed by atoms with E-state index < -0.39 is 0 Å². The fraction of sp³-hybridized carbons (Fsp3) is 0.364. The van der Waals surface area contributed by atoms with E-state index in [0.717, 1.165) is 53.3 Å². The van der Waals surface area contributed by atoms with Gasteiger partial charge in [0.2, 0.25) is 0 Å². The Kier molecular flexibility index (Phi) is 6.19. The maximum absolute atomic E-state index is 5.89. The molecular weight excluding hydrogens is 352 g/mol. The van der Waals surface area contributed by atoms with Crippen molar-refractivity contribution in [2.24, 2.45) is 10.2 Å². The van der Waals surface area contributed by atoms with Gasteiger partial charge < -0.3 is 20.5 Å². The van der Waals surface area contributed by atoms with E-state index in [9.17, 15) is 0 Å². The van der Waals surface area contributed by atoms with Crippen LogP contribution in [0, 0.1) is 0 Å². The van der Waals surface area contributed by atoms with Gasteiger partial charge in [0.05, 0.1) is 20.4 Å². The number of aryl methyl sites for hydroxylation is 1. The summed E-state index contributed by atoms with van der Waals surface area (Å²) in [5.74, 6) is 2.69. The molecule has 1 heterocycles. The molecule has 148 valence electrons. The molecule has 2 aromatic carbocycles. The molecule has 0 unspecified atom stereocenters. The van der Waals surface area contributed by atoms with Gasteiger partial charge in [-0.05, 0) is 54.2 Å². The van der Waals surface area contributed by atoms with E-state index in [2.05, 4.69) is 29.4 Å². The molecule has 0 bridgehead atoms. The summed E-state index contributed by atoms with van der Waals surface area (Å²) in [6.07, 6.45) is 4.54. The van der Waals surface area contributed by atoms with Crippen LogP contribution in [0.15, 0.2) is 40.5 Å². The standard InChI is InChI=1S/C22H28N4O2/c1-14(2)18-11-16(20(27-3)12-21(18)28-4)13-24-26-22-7-5-6-15-10-17(23)8-9-19(15)25-22/h8-14H,5-7,23H2,1-4H3,(H,25,26). The molecule has 0 aromatic heterocycles. The lowest BCUT2D eigenvalue weighted by atomic mass is 9.99. The van der Waals surface area contributed by atoms with Crippen molar-refractivity contribution in [3.05, 3.63) is 47.0 Å². The Morgan fingerprint density at radius 3 is 2.57 bits per heavy atom. The first kappa shape index (κ1) is 19.7. The molecule has 0 aliphatic carbocycles. The zero-order valence-electron chi connectivity index (χ0n) is 17.0. The second kappa shape index (κ2) is 8.78. The maximum Gasteiger partial charge on any atom is 0.131 e. The van der Waals surface area contributed by atoms with Gasteiger partial charge in [0.1, 0.15) is 17.3 Å². The summed E-state index contributed by atoms with van der Waals surface area (Å²) in [4.78, 5) is 0. The van der Waals surface area contributed by atoms with Crippen LogP contribution in [-0.4, -0.2) is 26.3 Å². The minimum Gasteiger partial charge on any atom is -0.496 e. The zero-order chi connectivity index (χ0) is 20.1. The predicted octanol–water partition coefficient (Wildman–Crippen LogP) is 4.59. The lowest BCUT2D eigenvalue weighted by molar-refractivity contribution is 0.389. The Hall–Kier alpha value is -3.02. The van der Waals surface area contributed by atoms with Crippen LogP contribution in [0.2, 0.25) is 0 Å². The SMILES string of the molecule is COc1cc(OC)c(C(C)C)cc1C=N/N=C1/CCCc2cc(N)ccc2N1. The van der Waals surface area contributed by atoms with Gasteiger partial charge in [-0.3, -0.25) is 0 Å². The van der Waals surface area contributed by atoms with Crippen molar-refractivity contribution in [1.29, 1.82) is 0 Å². The Bertz CT molecular complexity index is 904. The highest BCUT2D eigenvalue weighted by molar-refractivity contribution is 5.97. The Morgan fingerprint density at radius 1 is 1.07 bits per heavy atom. The highest BCUT2D eigenvalue weighted by atomic mass is 16.5. The van der Waals surface area contributed by atoms with Gasteiger partial charge in [-0.15, -0.1) is 5.10 Å². The quantitative estimate of drug-likeness (QED) is 0.452. The number of anilines is 2. The molecule has 0 radical (unpaired) electrons. The number of benzene rings is 2. The lowest BCUT2D eigenvalue weighted by Gasteiger charge is -2.15. The highest BCUT2D eigenvalue weighted by Crippen LogP contribution is 2.33. The van der Waals surface area contributed by atoms with Crippen LogP contribution in [0.3, 0.4) is 0 Å². The minimum absolute atomic E-state index is 0.326. The first-order chi connectivity index (χ1) is 13.5. The second-order valence-electron chi connectivity index (χ2n) is 7.18. The summed E-state index contributed by atoms with van der Waals surface area (Å²) >= 11 is 0. The molecule has 1 aliphatic heterocycles. The van der Waals surface area contributed by atoms with E-state index in [1.807, 2.05) is 30.3 Å². The summed E-state index contributed by atoms with van der Waals surface area (Å²) in [7, 11) is 3.31. The summed E-state index contributed by atoms with van der Waals surface area (Å²) in [5.41, 5.74) is 10.9. The van der Waals surface area contributed by atoms with E-state index in [0.29, 0.717) is 11.7 Å². The van der Waals surface area contributed by atoms with E-state index in [1.54, 1.807) is 20.4 Å². The first-order valence-corrected chi connectivity index (χ1v) is 9.53. The second-order valence-corrected chi connectivity index (χ2v) is 7.18. The van der Waals surface area contributed by atoms with Crippen LogP contribution < -0.4 is 20.5 Å². The van der Waals surface area contributed by atoms with Gasteiger partial charge in [-0.2, -0.15) is 5.10 Å². The third-order valence-electron chi connectivity index (χ3n) is 4.85. The van der Waals surface area contributed by atoms with Crippen molar-refractivity contribution >= 4 is 23.4 Å². The van der Waals surface area contributed by atoms with E-state index >= 15 is 0 Å². The summed E-state index contributed by atoms with van der Waals surface area (Å²) in [6.45, 7) is 4.26. The number of methoxy groups -OCH3 is 2. The lowest BCUT2D eigenvalue weighted by Crippen LogP contribution is -2.10. The topological polar surface area (TPSA) is 81.2 Å². The highest BCUT2D eigenvalue weighted by Gasteiger charge is 2.14. The molecule has 0 amide bonds. The van der Waals surface area contributed by atoms with Gasteiger partial charge in [-0.25, -0.2) is 0 Å². The number of nitrogens with one attached hydrogen (secondary N) is 1. The van der Waals surface area contributed by atoms with Crippen LogP contribution in [0.4, 0.5) is 11.4 Å². The molecule has 1 aliphatic rings. The van der Waals surface area contributed by atoms with Crippen molar-refractivity contribution in [2.45, 2.75) is 39.0 Å². The number of amidine groups is 1. The van der Waals surface area contributed by atoms with Gasteiger partial charge in [0.25, 0.3) is 0 Å². The zero-order valence-corrected chi connectivity index (χ0v) is 17.0. The predicted molar refractivity (Wildman–Crippen MR) is 116 cm³/mol. The molecule has 6 nitrogen and oxygen atoms in total. The molecule has 3 rings (SSSR count). The average molecular weight is 380 g/mol. The van der Waals surface area contributed by atoms with Crippen molar-refractivity contribution in [2.75, 3.05) is 25.3 Å². The Morgan fingerprint density at radius 2 is 1.86 bits per heavy atom. The minimum atomic E-state index is 0.326. The smallest absolute Gasteiger partial charge is 0.131 e. The van der Waals surface area contributed by atoms with Gasteiger partial charge in [0, 0.05) is 29.4 Å². The summed E-state index contributed by atoms with van der Waals surface area (Å²) in [5, 5.41) is 12.1. The molecular formula is C22H28N4O2. The summed E-state index contributed by atoms with van der Waals surface area (Å²) < 4.78 is 11.0. The number of nitrogens with zero attached hydrogens (tertiary/aromatic N) is 2. The van der Waals surface area contributed by atoms with E-state index in [1.165, 1.54) is 5.56 Å². The van der Waals surface area contributed by atoms with Crippen LogP contribution in [-0.2, 0) is 6.42 Å². The molecule has 6 heteroatoms. The number of nitrogen functional groups attached to an aromatic ring is 1. The number of ether oxygens (including phenoxy) is 2. The fourth-order valence-corrected chi connectivity index (χ4v) is 3.34. The van der Waals surface area contributed by atoms with Crippen LogP contribution in [0.1, 0.15) is 49.3 Å². The normalized spacial score (nSPS) is 15.4. The largest absolute Gasteiger partial charge is 0.496 e. The first-order valence-electron chi connectivity index (χ1n) is 9.53. The molecule has 0 atom stereocenters. The van der Waals surface area contributed by atoms with Crippen molar-refractivity contribution in [3.63, 3.8) is 0 Å². The van der Waals surface area contributed by atoms with Crippen molar-refractivity contribution in [1.82, 2.24) is 0 Å². The number of rotatable bonds is 5. The molecule has 3 N–H and O–H groups in total. The van der Waals surface area contributed by atoms with Crippen LogP contribution >= 0.6 is 0 Å². The number of fused-ring (bicyclic) bond motifs is 1. The van der Waals surface area contributed by atoms with Crippen molar-refractivity contribution < 1.29 is 9.47 Å².